The van der Waals surface area contributed by atoms with Crippen LogP contribution < -0.4 is 0 Å². The minimum absolute atomic E-state index is 0.00767. The van der Waals surface area contributed by atoms with Crippen LogP contribution >= 0.6 is 12.2 Å². The molecule has 0 spiro atoms. The second-order valence-electron chi connectivity index (χ2n) is 1.58. The van der Waals surface area contributed by atoms with Gasteiger partial charge in [-0.25, -0.2) is 0 Å². The second kappa shape index (κ2) is 6.92. The van der Waals surface area contributed by atoms with Crippen molar-refractivity contribution >= 4 is 17.3 Å². The third kappa shape index (κ3) is 5.94. The third-order valence-corrected chi connectivity index (χ3v) is 1.01. The number of hydrogen-bond acceptors (Lipinski definition) is 4. The number of thiocarbonyl (C=S) groups is 1. The minimum Gasteiger partial charge on any atom is -0.482 e. The Morgan fingerprint density at radius 1 is 1.60 bits per heavy atom. The van der Waals surface area contributed by atoms with Crippen molar-refractivity contribution in [1.82, 2.24) is 0 Å². The quantitative estimate of drug-likeness (QED) is 0.595. The summed E-state index contributed by atoms with van der Waals surface area (Å²) in [4.78, 5) is 0. The average molecular weight is 164 g/mol. The zero-order chi connectivity index (χ0) is 7.82. The summed E-state index contributed by atoms with van der Waals surface area (Å²) in [5.41, 5.74) is 0. The molecule has 0 radical (unpaired) electrons. The fraction of sp³-hybridized carbons (Fsp3) is 0.833. The van der Waals surface area contributed by atoms with Gasteiger partial charge in [0.25, 0.3) is 0 Å². The minimum atomic E-state index is -0.00767. The van der Waals surface area contributed by atoms with E-state index in [0.29, 0.717) is 18.3 Å². The molecule has 0 aliphatic rings. The lowest BCUT2D eigenvalue weighted by Gasteiger charge is -2.04. The van der Waals surface area contributed by atoms with Crippen molar-refractivity contribution in [3.63, 3.8) is 0 Å². The van der Waals surface area contributed by atoms with E-state index < -0.39 is 0 Å². The first-order valence-electron chi connectivity index (χ1n) is 3.15. The second-order valence-corrected chi connectivity index (χ2v) is 2.04. The van der Waals surface area contributed by atoms with Crippen LogP contribution in [0.25, 0.3) is 0 Å². The molecule has 0 aromatic heterocycles. The van der Waals surface area contributed by atoms with Gasteiger partial charge in [0.1, 0.15) is 13.2 Å². The van der Waals surface area contributed by atoms with Crippen LogP contribution in [0.15, 0.2) is 0 Å². The molecule has 0 aromatic rings. The topological polar surface area (TPSA) is 38.7 Å². The number of aliphatic hydroxyl groups excluding tert-OH is 1. The summed E-state index contributed by atoms with van der Waals surface area (Å²) >= 11 is 4.73. The number of hydrogen-bond donors (Lipinski definition) is 1. The Bertz CT molecular complexity index is 85.0. The standard InChI is InChI=1S/C6H12O3S/c1-2-8-5-6(10)9-4-3-7/h7H,2-5H2,1H3. The Hall–Kier alpha value is -0.190. The van der Waals surface area contributed by atoms with Crippen LogP contribution in [0.4, 0.5) is 0 Å². The predicted molar refractivity (Wildman–Crippen MR) is 42.1 cm³/mol. The van der Waals surface area contributed by atoms with E-state index in [0.717, 1.165) is 0 Å². The van der Waals surface area contributed by atoms with Gasteiger partial charge in [0.05, 0.1) is 6.61 Å². The molecule has 0 saturated carbocycles. The van der Waals surface area contributed by atoms with Gasteiger partial charge in [0, 0.05) is 6.61 Å². The molecule has 0 bridgehead atoms. The highest BCUT2D eigenvalue weighted by Crippen LogP contribution is 1.83. The first-order chi connectivity index (χ1) is 4.81. The molecule has 0 heterocycles. The van der Waals surface area contributed by atoms with E-state index in [9.17, 15) is 0 Å². The van der Waals surface area contributed by atoms with Crippen molar-refractivity contribution in [2.24, 2.45) is 0 Å². The van der Waals surface area contributed by atoms with E-state index in [1.807, 2.05) is 6.92 Å². The van der Waals surface area contributed by atoms with Gasteiger partial charge >= 0.3 is 0 Å². The van der Waals surface area contributed by atoms with Crippen LogP contribution in [-0.4, -0.2) is 36.6 Å². The highest BCUT2D eigenvalue weighted by molar-refractivity contribution is 7.80. The fourth-order valence-electron chi connectivity index (χ4n) is 0.387. The van der Waals surface area contributed by atoms with Crippen LogP contribution in [0.3, 0.4) is 0 Å². The van der Waals surface area contributed by atoms with Crippen molar-refractivity contribution in [1.29, 1.82) is 0 Å². The zero-order valence-corrected chi connectivity index (χ0v) is 6.82. The van der Waals surface area contributed by atoms with Gasteiger partial charge in [-0.05, 0) is 19.1 Å². The molecule has 0 amide bonds. The zero-order valence-electron chi connectivity index (χ0n) is 6.00. The molecule has 0 aliphatic heterocycles. The van der Waals surface area contributed by atoms with Crippen molar-refractivity contribution in [3.05, 3.63) is 0 Å². The van der Waals surface area contributed by atoms with Gasteiger partial charge in [0.2, 0.25) is 0 Å². The molecular formula is C6H12O3S. The van der Waals surface area contributed by atoms with Crippen molar-refractivity contribution in [2.75, 3.05) is 26.4 Å². The van der Waals surface area contributed by atoms with E-state index in [1.54, 1.807) is 0 Å². The summed E-state index contributed by atoms with van der Waals surface area (Å²) in [6.45, 7) is 3.10. The van der Waals surface area contributed by atoms with Crippen molar-refractivity contribution in [2.45, 2.75) is 6.92 Å². The Kier molecular flexibility index (Phi) is 6.79. The Morgan fingerprint density at radius 3 is 2.80 bits per heavy atom. The van der Waals surface area contributed by atoms with Crippen LogP contribution in [-0.2, 0) is 9.47 Å². The Morgan fingerprint density at radius 2 is 2.30 bits per heavy atom. The monoisotopic (exact) mass is 164 g/mol. The van der Waals surface area contributed by atoms with Gasteiger partial charge < -0.3 is 14.6 Å². The fourth-order valence-corrected chi connectivity index (χ4v) is 0.553. The highest BCUT2D eigenvalue weighted by Gasteiger charge is 1.94. The summed E-state index contributed by atoms with van der Waals surface area (Å²) in [6.07, 6.45) is 0. The van der Waals surface area contributed by atoms with E-state index in [4.69, 9.17) is 26.8 Å². The van der Waals surface area contributed by atoms with E-state index in [-0.39, 0.29) is 13.2 Å². The molecule has 0 fully saturated rings. The molecule has 4 heteroatoms. The molecule has 0 unspecified atom stereocenters. The molecule has 10 heavy (non-hydrogen) atoms. The number of ether oxygens (including phenoxy) is 2. The van der Waals surface area contributed by atoms with Gasteiger partial charge in [-0.3, -0.25) is 0 Å². The molecule has 0 saturated heterocycles. The number of aliphatic hydroxyl groups is 1. The van der Waals surface area contributed by atoms with E-state index >= 15 is 0 Å². The maximum atomic E-state index is 8.32. The smallest absolute Gasteiger partial charge is 0.185 e. The number of rotatable bonds is 5. The predicted octanol–water partition coefficient (Wildman–Crippen LogP) is 0.359. The van der Waals surface area contributed by atoms with E-state index in [2.05, 4.69) is 0 Å². The van der Waals surface area contributed by atoms with Crippen LogP contribution in [0, 0.1) is 0 Å². The molecule has 0 aliphatic carbocycles. The summed E-state index contributed by atoms with van der Waals surface area (Å²) in [5.74, 6) is 0. The summed E-state index contributed by atoms with van der Waals surface area (Å²) < 4.78 is 9.79. The lowest BCUT2D eigenvalue weighted by molar-refractivity contribution is 0.149. The molecule has 0 atom stereocenters. The highest BCUT2D eigenvalue weighted by atomic mass is 32.1. The molecule has 3 nitrogen and oxygen atoms in total. The van der Waals surface area contributed by atoms with E-state index in [1.165, 1.54) is 0 Å². The molecule has 0 aromatic carbocycles. The molecule has 1 N–H and O–H groups in total. The molecular weight excluding hydrogens is 152 g/mol. The average Bonchev–Trinajstić information content (AvgIpc) is 1.97. The van der Waals surface area contributed by atoms with Crippen LogP contribution in [0.5, 0.6) is 0 Å². The van der Waals surface area contributed by atoms with Gasteiger partial charge in [0.15, 0.2) is 5.05 Å². The summed E-state index contributed by atoms with van der Waals surface area (Å²) in [7, 11) is 0. The molecule has 0 rings (SSSR count). The Labute approximate surface area is 65.9 Å². The van der Waals surface area contributed by atoms with Crippen LogP contribution in [0.2, 0.25) is 0 Å². The largest absolute Gasteiger partial charge is 0.482 e. The van der Waals surface area contributed by atoms with Crippen LogP contribution in [0.1, 0.15) is 6.92 Å². The SMILES string of the molecule is CCOCC(=S)OCCO. The van der Waals surface area contributed by atoms with Crippen molar-refractivity contribution in [3.8, 4) is 0 Å². The lowest BCUT2D eigenvalue weighted by atomic mass is 10.7. The lowest BCUT2D eigenvalue weighted by Crippen LogP contribution is -2.12. The maximum absolute atomic E-state index is 8.32. The third-order valence-electron chi connectivity index (χ3n) is 0.778. The first kappa shape index (κ1) is 9.81. The first-order valence-corrected chi connectivity index (χ1v) is 3.56. The molecule has 60 valence electrons. The van der Waals surface area contributed by atoms with Gasteiger partial charge in [-0.1, -0.05) is 0 Å². The normalized spacial score (nSPS) is 9.40. The summed E-state index contributed by atoms with van der Waals surface area (Å²) in [6, 6.07) is 0. The van der Waals surface area contributed by atoms with Gasteiger partial charge in [-0.15, -0.1) is 0 Å². The van der Waals surface area contributed by atoms with Gasteiger partial charge in [-0.2, -0.15) is 0 Å². The van der Waals surface area contributed by atoms with Crippen molar-refractivity contribution < 1.29 is 14.6 Å². The maximum Gasteiger partial charge on any atom is 0.185 e. The Balaban J connectivity index is 3.09. The summed E-state index contributed by atoms with van der Waals surface area (Å²) in [5, 5.41) is 8.71.